The number of rotatable bonds is 5. The number of anilines is 1. The molecule has 18 heavy (non-hydrogen) atoms. The molecule has 0 aromatic heterocycles. The van der Waals surface area contributed by atoms with E-state index in [1.54, 1.807) is 25.1 Å². The minimum absolute atomic E-state index is 0.124. The quantitative estimate of drug-likeness (QED) is 0.654. The van der Waals surface area contributed by atoms with Crippen LogP contribution in [0.15, 0.2) is 24.3 Å². The van der Waals surface area contributed by atoms with Crippen LogP contribution in [0.4, 0.5) is 10.5 Å². The van der Waals surface area contributed by atoms with Gasteiger partial charge in [-0.15, -0.1) is 0 Å². The second-order valence-electron chi connectivity index (χ2n) is 3.90. The van der Waals surface area contributed by atoms with E-state index in [4.69, 9.17) is 11.5 Å². The maximum Gasteiger partial charge on any atom is 0.318 e. The van der Waals surface area contributed by atoms with Gasteiger partial charge in [0, 0.05) is 18.8 Å². The number of carbonyl (C=O) groups is 2. The van der Waals surface area contributed by atoms with E-state index in [2.05, 4.69) is 5.32 Å². The Kier molecular flexibility index (Phi) is 4.98. The summed E-state index contributed by atoms with van der Waals surface area (Å²) >= 11 is 0. The lowest BCUT2D eigenvalue weighted by molar-refractivity contribution is -0.118. The van der Waals surface area contributed by atoms with Crippen molar-refractivity contribution in [1.29, 1.82) is 0 Å². The molecule has 0 aliphatic heterocycles. The van der Waals surface area contributed by atoms with E-state index in [-0.39, 0.29) is 12.6 Å². The molecule has 0 unspecified atom stereocenters. The number of carbonyl (C=O) groups excluding carboxylic acids is 2. The number of nitrogen functional groups attached to an aromatic ring is 1. The Hall–Kier alpha value is -2.24. The SMILES string of the molecule is CCNC(=O)N(CC(N)=O)Cc1cccc(N)c1. The molecule has 0 spiro atoms. The van der Waals surface area contributed by atoms with Gasteiger partial charge >= 0.3 is 6.03 Å². The number of benzene rings is 1. The summed E-state index contributed by atoms with van der Waals surface area (Å²) in [6.45, 7) is 2.46. The molecule has 0 saturated heterocycles. The van der Waals surface area contributed by atoms with Crippen LogP contribution in [0.2, 0.25) is 0 Å². The third-order valence-electron chi connectivity index (χ3n) is 2.29. The molecule has 0 bridgehead atoms. The highest BCUT2D eigenvalue weighted by Gasteiger charge is 2.15. The van der Waals surface area contributed by atoms with Crippen molar-refractivity contribution in [3.05, 3.63) is 29.8 Å². The van der Waals surface area contributed by atoms with Gasteiger partial charge in [-0.1, -0.05) is 12.1 Å². The third kappa shape index (κ3) is 4.32. The molecule has 1 aromatic rings. The van der Waals surface area contributed by atoms with Crippen LogP contribution in [-0.4, -0.2) is 29.9 Å². The van der Waals surface area contributed by atoms with E-state index in [0.29, 0.717) is 18.8 Å². The Balaban J connectivity index is 2.77. The van der Waals surface area contributed by atoms with Crippen LogP contribution >= 0.6 is 0 Å². The van der Waals surface area contributed by atoms with Crippen molar-refractivity contribution >= 4 is 17.6 Å². The zero-order valence-corrected chi connectivity index (χ0v) is 10.3. The van der Waals surface area contributed by atoms with Gasteiger partial charge in [-0.3, -0.25) is 4.79 Å². The first-order chi connectivity index (χ1) is 8.52. The van der Waals surface area contributed by atoms with E-state index < -0.39 is 5.91 Å². The van der Waals surface area contributed by atoms with E-state index >= 15 is 0 Å². The first-order valence-corrected chi connectivity index (χ1v) is 5.68. The minimum Gasteiger partial charge on any atom is -0.399 e. The Morgan fingerprint density at radius 1 is 1.39 bits per heavy atom. The lowest BCUT2D eigenvalue weighted by Gasteiger charge is -2.21. The summed E-state index contributed by atoms with van der Waals surface area (Å²) in [5, 5.41) is 2.63. The predicted molar refractivity (Wildman–Crippen MR) is 69.5 cm³/mol. The molecule has 0 aliphatic rings. The zero-order valence-electron chi connectivity index (χ0n) is 10.3. The second-order valence-corrected chi connectivity index (χ2v) is 3.90. The van der Waals surface area contributed by atoms with Crippen LogP contribution in [0.1, 0.15) is 12.5 Å². The van der Waals surface area contributed by atoms with Crippen LogP contribution < -0.4 is 16.8 Å². The molecule has 0 aliphatic carbocycles. The van der Waals surface area contributed by atoms with E-state index in [1.165, 1.54) is 4.90 Å². The first-order valence-electron chi connectivity index (χ1n) is 5.68. The topological polar surface area (TPSA) is 101 Å². The van der Waals surface area contributed by atoms with Gasteiger partial charge in [-0.2, -0.15) is 0 Å². The first kappa shape index (κ1) is 13.8. The lowest BCUT2D eigenvalue weighted by atomic mass is 10.2. The maximum absolute atomic E-state index is 11.7. The number of nitrogens with zero attached hydrogens (tertiary/aromatic N) is 1. The number of hydrogen-bond acceptors (Lipinski definition) is 3. The Labute approximate surface area is 106 Å². The van der Waals surface area contributed by atoms with Gasteiger partial charge in [0.1, 0.15) is 6.54 Å². The fourth-order valence-corrected chi connectivity index (χ4v) is 1.56. The molecule has 98 valence electrons. The van der Waals surface area contributed by atoms with Crippen molar-refractivity contribution < 1.29 is 9.59 Å². The average Bonchev–Trinajstić information content (AvgIpc) is 2.28. The predicted octanol–water partition coefficient (Wildman–Crippen LogP) is 0.286. The fourth-order valence-electron chi connectivity index (χ4n) is 1.56. The van der Waals surface area contributed by atoms with Crippen molar-refractivity contribution in [2.24, 2.45) is 5.73 Å². The highest BCUT2D eigenvalue weighted by atomic mass is 16.2. The summed E-state index contributed by atoms with van der Waals surface area (Å²) in [5.41, 5.74) is 12.2. The lowest BCUT2D eigenvalue weighted by Crippen LogP contribution is -2.43. The smallest absolute Gasteiger partial charge is 0.318 e. The molecule has 0 heterocycles. The number of primary amides is 1. The van der Waals surface area contributed by atoms with Crippen LogP contribution in [-0.2, 0) is 11.3 Å². The van der Waals surface area contributed by atoms with Gasteiger partial charge < -0.3 is 21.7 Å². The maximum atomic E-state index is 11.7. The number of nitrogens with one attached hydrogen (secondary N) is 1. The van der Waals surface area contributed by atoms with Gasteiger partial charge in [0.15, 0.2) is 0 Å². The van der Waals surface area contributed by atoms with E-state index in [0.717, 1.165) is 5.56 Å². The number of hydrogen-bond donors (Lipinski definition) is 3. The van der Waals surface area contributed by atoms with E-state index in [1.807, 2.05) is 6.07 Å². The number of amides is 3. The summed E-state index contributed by atoms with van der Waals surface area (Å²) in [6, 6.07) is 6.83. The van der Waals surface area contributed by atoms with Crippen molar-refractivity contribution in [3.8, 4) is 0 Å². The summed E-state index contributed by atoms with van der Waals surface area (Å²) in [6.07, 6.45) is 0. The fraction of sp³-hybridized carbons (Fsp3) is 0.333. The van der Waals surface area contributed by atoms with Gasteiger partial charge in [0.25, 0.3) is 0 Å². The van der Waals surface area contributed by atoms with Gasteiger partial charge in [0.05, 0.1) is 0 Å². The molecule has 6 heteroatoms. The molecular formula is C12H18N4O2. The average molecular weight is 250 g/mol. The molecule has 0 radical (unpaired) electrons. The van der Waals surface area contributed by atoms with Crippen molar-refractivity contribution in [2.45, 2.75) is 13.5 Å². The number of nitrogens with two attached hydrogens (primary N) is 2. The highest BCUT2D eigenvalue weighted by Crippen LogP contribution is 2.09. The van der Waals surface area contributed by atoms with Crippen LogP contribution in [0, 0.1) is 0 Å². The molecule has 0 fully saturated rings. The minimum atomic E-state index is -0.551. The summed E-state index contributed by atoms with van der Waals surface area (Å²) in [5.74, 6) is -0.551. The molecule has 0 atom stereocenters. The van der Waals surface area contributed by atoms with Crippen LogP contribution in [0.25, 0.3) is 0 Å². The van der Waals surface area contributed by atoms with Gasteiger partial charge in [0.2, 0.25) is 5.91 Å². The third-order valence-corrected chi connectivity index (χ3v) is 2.29. The van der Waals surface area contributed by atoms with Gasteiger partial charge in [-0.25, -0.2) is 4.79 Å². The standard InChI is InChI=1S/C12H18N4O2/c1-2-15-12(18)16(8-11(14)17)7-9-4-3-5-10(13)6-9/h3-6H,2,7-8,13H2,1H3,(H2,14,17)(H,15,18). The molecule has 1 rings (SSSR count). The Bertz CT molecular complexity index is 434. The zero-order chi connectivity index (χ0) is 13.5. The summed E-state index contributed by atoms with van der Waals surface area (Å²) < 4.78 is 0. The monoisotopic (exact) mass is 250 g/mol. The molecule has 5 N–H and O–H groups in total. The Morgan fingerprint density at radius 3 is 2.67 bits per heavy atom. The summed E-state index contributed by atoms with van der Waals surface area (Å²) in [4.78, 5) is 24.0. The van der Waals surface area contributed by atoms with Gasteiger partial charge in [-0.05, 0) is 24.6 Å². The van der Waals surface area contributed by atoms with Crippen molar-refractivity contribution in [3.63, 3.8) is 0 Å². The second kappa shape index (κ2) is 6.48. The van der Waals surface area contributed by atoms with Crippen LogP contribution in [0.5, 0.6) is 0 Å². The van der Waals surface area contributed by atoms with Crippen LogP contribution in [0.3, 0.4) is 0 Å². The highest BCUT2D eigenvalue weighted by molar-refractivity contribution is 5.82. The Morgan fingerprint density at radius 2 is 2.11 bits per heavy atom. The van der Waals surface area contributed by atoms with Crippen molar-refractivity contribution in [1.82, 2.24) is 10.2 Å². The largest absolute Gasteiger partial charge is 0.399 e. The van der Waals surface area contributed by atoms with Crippen molar-refractivity contribution in [2.75, 3.05) is 18.8 Å². The number of urea groups is 1. The summed E-state index contributed by atoms with van der Waals surface area (Å²) in [7, 11) is 0. The molecule has 3 amide bonds. The normalized spacial score (nSPS) is 9.83. The molecule has 6 nitrogen and oxygen atoms in total. The molecule has 0 saturated carbocycles. The van der Waals surface area contributed by atoms with E-state index in [9.17, 15) is 9.59 Å². The molecule has 1 aromatic carbocycles. The molecular weight excluding hydrogens is 232 g/mol.